The summed E-state index contributed by atoms with van der Waals surface area (Å²) in [5, 5.41) is 9.85. The first-order valence-corrected chi connectivity index (χ1v) is 15.7. The lowest BCUT2D eigenvalue weighted by Crippen LogP contribution is -2.26. The highest BCUT2D eigenvalue weighted by atomic mass is 16.5. The summed E-state index contributed by atoms with van der Waals surface area (Å²) in [5.41, 5.74) is 1.82. The van der Waals surface area contributed by atoms with E-state index in [9.17, 15) is 14.7 Å². The van der Waals surface area contributed by atoms with Crippen LogP contribution in [-0.4, -0.2) is 30.3 Å². The van der Waals surface area contributed by atoms with Crippen LogP contribution in [0.3, 0.4) is 0 Å². The third-order valence-corrected chi connectivity index (χ3v) is 9.13. The first kappa shape index (κ1) is 31.2. The van der Waals surface area contributed by atoms with E-state index in [0.29, 0.717) is 30.3 Å². The van der Waals surface area contributed by atoms with E-state index in [2.05, 4.69) is 13.5 Å². The first-order valence-electron chi connectivity index (χ1n) is 15.7. The van der Waals surface area contributed by atoms with E-state index in [1.54, 1.807) is 19.1 Å². The monoisotopic (exact) mass is 540 g/mol. The Morgan fingerprint density at radius 1 is 0.872 bits per heavy atom. The van der Waals surface area contributed by atoms with Crippen molar-refractivity contribution in [2.45, 2.75) is 122 Å². The highest BCUT2D eigenvalue weighted by molar-refractivity contribution is 5.90. The molecule has 0 aromatic heterocycles. The van der Waals surface area contributed by atoms with Gasteiger partial charge in [-0.1, -0.05) is 52.0 Å². The van der Waals surface area contributed by atoms with Gasteiger partial charge in [0.2, 0.25) is 0 Å². The van der Waals surface area contributed by atoms with Crippen LogP contribution in [0.2, 0.25) is 0 Å². The molecule has 0 bridgehead atoms. The summed E-state index contributed by atoms with van der Waals surface area (Å²) in [7, 11) is 0. The average Bonchev–Trinajstić information content (AvgIpc) is 2.94. The van der Waals surface area contributed by atoms with Crippen LogP contribution < -0.4 is 4.74 Å². The number of hydrogen-bond acceptors (Lipinski definition) is 4. The topological polar surface area (TPSA) is 72.8 Å². The zero-order chi connectivity index (χ0) is 28.0. The molecule has 0 heterocycles. The van der Waals surface area contributed by atoms with E-state index < -0.39 is 5.97 Å². The van der Waals surface area contributed by atoms with Crippen molar-refractivity contribution in [3.63, 3.8) is 0 Å². The van der Waals surface area contributed by atoms with Crippen LogP contribution in [0, 0.1) is 17.8 Å². The molecule has 5 heteroatoms. The largest absolute Gasteiger partial charge is 0.494 e. The van der Waals surface area contributed by atoms with Gasteiger partial charge in [-0.25, -0.2) is 9.59 Å². The minimum absolute atomic E-state index is 0.309. The number of aromatic carboxylic acids is 1. The Kier molecular flexibility index (Phi) is 13.4. The van der Waals surface area contributed by atoms with E-state index in [1.807, 2.05) is 6.07 Å². The number of rotatable bonds is 16. The van der Waals surface area contributed by atoms with Crippen LogP contribution >= 0.6 is 0 Å². The maximum Gasteiger partial charge on any atom is 0.335 e. The van der Waals surface area contributed by atoms with Gasteiger partial charge in [0.05, 0.1) is 18.8 Å². The molecule has 2 saturated carbocycles. The molecule has 3 rings (SSSR count). The normalized spacial score (nSPS) is 23.2. The molecule has 2 aliphatic carbocycles. The fraction of sp³-hybridized carbons (Fsp3) is 0.706. The second-order valence-electron chi connectivity index (χ2n) is 12.1. The third kappa shape index (κ3) is 10.3. The number of ether oxygens (including phenoxy) is 2. The third-order valence-electron chi connectivity index (χ3n) is 9.13. The van der Waals surface area contributed by atoms with Crippen molar-refractivity contribution >= 4 is 11.9 Å². The van der Waals surface area contributed by atoms with Gasteiger partial charge in [0.25, 0.3) is 0 Å². The van der Waals surface area contributed by atoms with Gasteiger partial charge in [-0.2, -0.15) is 0 Å². The van der Waals surface area contributed by atoms with Gasteiger partial charge < -0.3 is 14.6 Å². The maximum atomic E-state index is 12.0. The summed E-state index contributed by atoms with van der Waals surface area (Å²) >= 11 is 0. The standard InChI is InChI=1S/C34H52O5/c1-4-5-8-11-26-12-14-27(15-13-26)28-16-18-29(19-17-28)32-24-30(20-21-31(32)33(35)36)38-22-9-6-7-10-23-39-34(37)25(2)3/h20-21,24,26-29H,2,4-19,22-23H2,1,3H3,(H,35,36). The minimum atomic E-state index is -0.840. The number of carbonyl (C=O) groups excluding carboxylic acids is 1. The number of carbonyl (C=O) groups is 2. The van der Waals surface area contributed by atoms with Gasteiger partial charge in [-0.05, 0) is 119 Å². The second kappa shape index (κ2) is 16.7. The molecule has 1 aromatic carbocycles. The van der Waals surface area contributed by atoms with E-state index in [1.165, 1.54) is 64.2 Å². The minimum Gasteiger partial charge on any atom is -0.494 e. The molecular formula is C34H52O5. The summed E-state index contributed by atoms with van der Waals surface area (Å²) in [5.74, 6) is 2.56. The predicted octanol–water partition coefficient (Wildman–Crippen LogP) is 9.10. The first-order chi connectivity index (χ1) is 18.9. The lowest BCUT2D eigenvalue weighted by molar-refractivity contribution is -0.139. The second-order valence-corrected chi connectivity index (χ2v) is 12.1. The molecule has 0 spiro atoms. The fourth-order valence-electron chi connectivity index (χ4n) is 6.73. The molecule has 0 unspecified atom stereocenters. The molecule has 5 nitrogen and oxygen atoms in total. The highest BCUT2D eigenvalue weighted by Crippen LogP contribution is 2.45. The zero-order valence-corrected chi connectivity index (χ0v) is 24.6. The molecule has 1 aromatic rings. The van der Waals surface area contributed by atoms with Crippen molar-refractivity contribution in [3.8, 4) is 5.75 Å². The number of benzene rings is 1. The lowest BCUT2D eigenvalue weighted by Gasteiger charge is -2.38. The summed E-state index contributed by atoms with van der Waals surface area (Å²) in [6.07, 6.45) is 19.5. The van der Waals surface area contributed by atoms with Crippen LogP contribution in [0.25, 0.3) is 0 Å². The molecule has 2 aliphatic rings. The number of unbranched alkanes of at least 4 members (excludes halogenated alkanes) is 5. The molecule has 218 valence electrons. The quantitative estimate of drug-likeness (QED) is 0.129. The summed E-state index contributed by atoms with van der Waals surface area (Å²) in [4.78, 5) is 23.4. The van der Waals surface area contributed by atoms with E-state index in [0.717, 1.165) is 67.6 Å². The molecule has 0 radical (unpaired) electrons. The van der Waals surface area contributed by atoms with Crippen LogP contribution in [0.4, 0.5) is 0 Å². The van der Waals surface area contributed by atoms with Gasteiger partial charge in [0.15, 0.2) is 0 Å². The van der Waals surface area contributed by atoms with Gasteiger partial charge in [-0.15, -0.1) is 0 Å². The molecule has 2 fully saturated rings. The van der Waals surface area contributed by atoms with Crippen molar-refractivity contribution < 1.29 is 24.2 Å². The molecule has 1 N–H and O–H groups in total. The Hall–Kier alpha value is -2.30. The van der Waals surface area contributed by atoms with E-state index >= 15 is 0 Å². The van der Waals surface area contributed by atoms with Crippen molar-refractivity contribution in [3.05, 3.63) is 41.5 Å². The van der Waals surface area contributed by atoms with Crippen molar-refractivity contribution in [1.82, 2.24) is 0 Å². The average molecular weight is 541 g/mol. The number of esters is 1. The molecule has 0 amide bonds. The van der Waals surface area contributed by atoms with Crippen LogP contribution in [0.1, 0.15) is 138 Å². The van der Waals surface area contributed by atoms with Gasteiger partial charge in [0.1, 0.15) is 5.75 Å². The molecule has 0 aliphatic heterocycles. The summed E-state index contributed by atoms with van der Waals surface area (Å²) in [6, 6.07) is 5.52. The van der Waals surface area contributed by atoms with Crippen LogP contribution in [0.15, 0.2) is 30.4 Å². The van der Waals surface area contributed by atoms with Gasteiger partial charge in [-0.3, -0.25) is 0 Å². The number of hydrogen-bond donors (Lipinski definition) is 1. The predicted molar refractivity (Wildman–Crippen MR) is 157 cm³/mol. The Balaban J connectivity index is 1.41. The number of carboxylic acids is 1. The summed E-state index contributed by atoms with van der Waals surface area (Å²) in [6.45, 7) is 8.55. The molecule has 0 saturated heterocycles. The highest BCUT2D eigenvalue weighted by Gasteiger charge is 2.32. The Morgan fingerprint density at radius 2 is 1.51 bits per heavy atom. The Labute approximate surface area is 236 Å². The van der Waals surface area contributed by atoms with Crippen LogP contribution in [0.5, 0.6) is 5.75 Å². The summed E-state index contributed by atoms with van der Waals surface area (Å²) < 4.78 is 11.1. The smallest absolute Gasteiger partial charge is 0.335 e. The molecule has 0 atom stereocenters. The van der Waals surface area contributed by atoms with Crippen LogP contribution in [-0.2, 0) is 9.53 Å². The van der Waals surface area contributed by atoms with Crippen molar-refractivity contribution in [2.75, 3.05) is 13.2 Å². The van der Waals surface area contributed by atoms with E-state index in [4.69, 9.17) is 9.47 Å². The lowest BCUT2D eigenvalue weighted by atomic mass is 9.67. The molecular weight excluding hydrogens is 488 g/mol. The maximum absolute atomic E-state index is 12.0. The van der Waals surface area contributed by atoms with Gasteiger partial charge >= 0.3 is 11.9 Å². The molecule has 39 heavy (non-hydrogen) atoms. The van der Waals surface area contributed by atoms with E-state index in [-0.39, 0.29) is 5.97 Å². The van der Waals surface area contributed by atoms with Crippen molar-refractivity contribution in [1.29, 1.82) is 0 Å². The SMILES string of the molecule is C=C(C)C(=O)OCCCCCCOc1ccc(C(=O)O)c(C2CCC(C3CCC(CCCCC)CC3)CC2)c1. The Bertz CT molecular complexity index is 906. The fourth-order valence-corrected chi connectivity index (χ4v) is 6.73. The zero-order valence-electron chi connectivity index (χ0n) is 24.6. The Morgan fingerprint density at radius 3 is 2.13 bits per heavy atom. The number of carboxylic acid groups (broad SMARTS) is 1. The van der Waals surface area contributed by atoms with Gasteiger partial charge in [0, 0.05) is 5.57 Å². The van der Waals surface area contributed by atoms with Crippen molar-refractivity contribution in [2.24, 2.45) is 17.8 Å².